The number of nitrogens with zero attached hydrogens (tertiary/aromatic N) is 4. The topological polar surface area (TPSA) is 87.8 Å². The molecule has 0 bridgehead atoms. The molecule has 2 heterocycles. The summed E-state index contributed by atoms with van der Waals surface area (Å²) in [5.74, 6) is 1.84. The number of halogens is 1. The molecule has 1 saturated heterocycles. The fraction of sp³-hybridized carbons (Fsp3) is 0.609. The van der Waals surface area contributed by atoms with Crippen LogP contribution >= 0.6 is 24.0 Å². The molecule has 1 atom stereocenters. The maximum Gasteiger partial charge on any atom is 0.248 e. The van der Waals surface area contributed by atoms with Gasteiger partial charge < -0.3 is 19.9 Å². The average Bonchev–Trinajstić information content (AvgIpc) is 3.23. The van der Waals surface area contributed by atoms with Crippen molar-refractivity contribution in [3.05, 3.63) is 47.1 Å². The van der Waals surface area contributed by atoms with Crippen LogP contribution in [0.1, 0.15) is 62.6 Å². The van der Waals surface area contributed by atoms with Gasteiger partial charge in [0.05, 0.1) is 0 Å². The van der Waals surface area contributed by atoms with E-state index in [0.717, 1.165) is 45.0 Å². The highest BCUT2D eigenvalue weighted by Crippen LogP contribution is 2.15. The van der Waals surface area contributed by atoms with E-state index in [9.17, 15) is 0 Å². The van der Waals surface area contributed by atoms with E-state index in [4.69, 9.17) is 9.26 Å². The van der Waals surface area contributed by atoms with Crippen molar-refractivity contribution >= 4 is 29.9 Å². The van der Waals surface area contributed by atoms with E-state index < -0.39 is 0 Å². The minimum Gasteiger partial charge on any atom is -0.371 e. The molecule has 1 unspecified atom stereocenters. The van der Waals surface area contributed by atoms with E-state index in [1.165, 1.54) is 11.1 Å². The lowest BCUT2D eigenvalue weighted by Crippen LogP contribution is -2.48. The number of hydrogen-bond acceptors (Lipinski definition) is 6. The van der Waals surface area contributed by atoms with Crippen LogP contribution in [0.25, 0.3) is 0 Å². The van der Waals surface area contributed by atoms with Gasteiger partial charge in [0.25, 0.3) is 0 Å². The molecule has 0 spiro atoms. The second kappa shape index (κ2) is 13.7. The summed E-state index contributed by atoms with van der Waals surface area (Å²) in [5, 5.41) is 10.9. The highest BCUT2D eigenvalue weighted by atomic mass is 127. The molecular weight excluding hydrogens is 519 g/mol. The largest absolute Gasteiger partial charge is 0.371 e. The number of likely N-dealkylation sites (tertiary alicyclic amines) is 1. The summed E-state index contributed by atoms with van der Waals surface area (Å²) in [5.41, 5.74) is 2.71. The smallest absolute Gasteiger partial charge is 0.248 e. The molecule has 8 nitrogen and oxygen atoms in total. The van der Waals surface area contributed by atoms with Crippen LogP contribution in [-0.4, -0.2) is 53.3 Å². The van der Waals surface area contributed by atoms with Crippen molar-refractivity contribution in [3.63, 3.8) is 0 Å². The first-order valence-electron chi connectivity index (χ1n) is 11.3. The Morgan fingerprint density at radius 3 is 2.78 bits per heavy atom. The highest BCUT2D eigenvalue weighted by molar-refractivity contribution is 14.0. The molecule has 1 aliphatic rings. The van der Waals surface area contributed by atoms with Crippen LogP contribution in [0.4, 0.5) is 0 Å². The SMILES string of the molecule is CCNC(=NCc1nc(C(C)OCC)no1)NC1CCN(Cc2cccc(C)c2)CC1.I. The third kappa shape index (κ3) is 8.32. The maximum atomic E-state index is 5.51. The number of aliphatic imine (C=N–C) groups is 1. The molecule has 0 aliphatic carbocycles. The molecule has 0 radical (unpaired) electrons. The molecule has 0 saturated carbocycles. The average molecular weight is 556 g/mol. The number of hydrogen-bond donors (Lipinski definition) is 2. The third-order valence-corrected chi connectivity index (χ3v) is 5.40. The van der Waals surface area contributed by atoms with Gasteiger partial charge >= 0.3 is 0 Å². The minimum atomic E-state index is -0.178. The molecule has 32 heavy (non-hydrogen) atoms. The van der Waals surface area contributed by atoms with Crippen molar-refractivity contribution in [2.45, 2.75) is 65.8 Å². The highest BCUT2D eigenvalue weighted by Gasteiger charge is 2.20. The number of aryl methyl sites for hydroxylation is 1. The van der Waals surface area contributed by atoms with Crippen LogP contribution in [0.3, 0.4) is 0 Å². The lowest BCUT2D eigenvalue weighted by molar-refractivity contribution is 0.0683. The number of ether oxygens (including phenoxy) is 1. The Hall–Kier alpha value is -1.72. The summed E-state index contributed by atoms with van der Waals surface area (Å²) in [4.78, 5) is 11.6. The lowest BCUT2D eigenvalue weighted by atomic mass is 10.0. The van der Waals surface area contributed by atoms with Gasteiger partial charge in [0.2, 0.25) is 5.89 Å². The summed E-state index contributed by atoms with van der Waals surface area (Å²) >= 11 is 0. The quantitative estimate of drug-likeness (QED) is 0.276. The molecule has 1 fully saturated rings. The fourth-order valence-electron chi connectivity index (χ4n) is 3.79. The van der Waals surface area contributed by atoms with Crippen molar-refractivity contribution in [1.29, 1.82) is 0 Å². The Morgan fingerprint density at radius 2 is 2.09 bits per heavy atom. The van der Waals surface area contributed by atoms with Crippen LogP contribution < -0.4 is 10.6 Å². The number of guanidine groups is 1. The molecule has 1 aliphatic heterocycles. The van der Waals surface area contributed by atoms with Gasteiger partial charge in [-0.05, 0) is 46.1 Å². The van der Waals surface area contributed by atoms with Gasteiger partial charge in [-0.2, -0.15) is 4.98 Å². The van der Waals surface area contributed by atoms with Crippen molar-refractivity contribution < 1.29 is 9.26 Å². The summed E-state index contributed by atoms with van der Waals surface area (Å²) < 4.78 is 10.8. The number of nitrogens with one attached hydrogen (secondary N) is 2. The van der Waals surface area contributed by atoms with Crippen LogP contribution in [-0.2, 0) is 17.8 Å². The second-order valence-corrected chi connectivity index (χ2v) is 8.02. The summed E-state index contributed by atoms with van der Waals surface area (Å²) in [6.07, 6.45) is 2.00. The Kier molecular flexibility index (Phi) is 11.4. The van der Waals surface area contributed by atoms with Crippen LogP contribution in [0.15, 0.2) is 33.8 Å². The van der Waals surface area contributed by atoms with Crippen LogP contribution in [0, 0.1) is 6.92 Å². The maximum absolute atomic E-state index is 5.51. The Labute approximate surface area is 208 Å². The molecule has 3 rings (SSSR count). The van der Waals surface area contributed by atoms with E-state index in [2.05, 4.69) is 68.8 Å². The van der Waals surface area contributed by atoms with Crippen LogP contribution in [0.2, 0.25) is 0 Å². The van der Waals surface area contributed by atoms with Gasteiger partial charge in [0, 0.05) is 38.8 Å². The minimum absolute atomic E-state index is 0. The van der Waals surface area contributed by atoms with Crippen molar-refractivity contribution in [1.82, 2.24) is 25.7 Å². The fourth-order valence-corrected chi connectivity index (χ4v) is 3.79. The summed E-state index contributed by atoms with van der Waals surface area (Å²) in [6.45, 7) is 13.0. The zero-order valence-corrected chi connectivity index (χ0v) is 22.0. The number of aromatic nitrogens is 2. The van der Waals surface area contributed by atoms with E-state index in [0.29, 0.717) is 30.9 Å². The molecule has 0 amide bonds. The van der Waals surface area contributed by atoms with Gasteiger partial charge in [-0.15, -0.1) is 24.0 Å². The lowest BCUT2D eigenvalue weighted by Gasteiger charge is -2.33. The van der Waals surface area contributed by atoms with Gasteiger partial charge in [-0.25, -0.2) is 4.99 Å². The van der Waals surface area contributed by atoms with Gasteiger partial charge in [0.15, 0.2) is 11.8 Å². The van der Waals surface area contributed by atoms with Crippen molar-refractivity contribution in [2.24, 2.45) is 4.99 Å². The van der Waals surface area contributed by atoms with Gasteiger partial charge in [0.1, 0.15) is 12.6 Å². The molecule has 2 N–H and O–H groups in total. The summed E-state index contributed by atoms with van der Waals surface area (Å²) in [7, 11) is 0. The molecule has 178 valence electrons. The van der Waals surface area contributed by atoms with Gasteiger partial charge in [-0.3, -0.25) is 4.90 Å². The van der Waals surface area contributed by atoms with E-state index >= 15 is 0 Å². The number of piperidine rings is 1. The Bertz CT molecular complexity index is 835. The first-order chi connectivity index (χ1) is 15.1. The van der Waals surface area contributed by atoms with Gasteiger partial charge in [-0.1, -0.05) is 35.0 Å². The zero-order chi connectivity index (χ0) is 22.1. The predicted molar refractivity (Wildman–Crippen MR) is 137 cm³/mol. The number of benzene rings is 1. The molecular formula is C23H37IN6O2. The Balaban J connectivity index is 0.00000363. The standard InChI is InChI=1S/C23H36N6O2.HI/c1-5-24-23(25-15-21-27-22(28-31-21)18(4)30-6-2)26-20-10-12-29(13-11-20)16-19-9-7-8-17(3)14-19;/h7-9,14,18,20H,5-6,10-13,15-16H2,1-4H3,(H2,24,25,26);1H. The normalized spacial score (nSPS) is 16.4. The first-order valence-corrected chi connectivity index (χ1v) is 11.3. The predicted octanol–water partition coefficient (Wildman–Crippen LogP) is 3.81. The number of rotatable bonds is 9. The zero-order valence-electron chi connectivity index (χ0n) is 19.6. The summed E-state index contributed by atoms with van der Waals surface area (Å²) in [6, 6.07) is 9.18. The molecule has 1 aromatic heterocycles. The molecule has 9 heteroatoms. The Morgan fingerprint density at radius 1 is 1.31 bits per heavy atom. The van der Waals surface area contributed by atoms with Crippen LogP contribution in [0.5, 0.6) is 0 Å². The molecule has 2 aromatic rings. The van der Waals surface area contributed by atoms with E-state index in [1.807, 2.05) is 13.8 Å². The van der Waals surface area contributed by atoms with Crippen molar-refractivity contribution in [3.8, 4) is 0 Å². The first kappa shape index (κ1) is 26.5. The van der Waals surface area contributed by atoms with E-state index in [1.54, 1.807) is 0 Å². The molecule has 1 aromatic carbocycles. The third-order valence-electron chi connectivity index (χ3n) is 5.40. The second-order valence-electron chi connectivity index (χ2n) is 8.02. The van der Waals surface area contributed by atoms with E-state index in [-0.39, 0.29) is 30.1 Å². The monoisotopic (exact) mass is 556 g/mol. The van der Waals surface area contributed by atoms with Crippen molar-refractivity contribution in [2.75, 3.05) is 26.2 Å².